The van der Waals surface area contributed by atoms with E-state index in [2.05, 4.69) is 10.3 Å². The van der Waals surface area contributed by atoms with Gasteiger partial charge in [-0.15, -0.1) is 11.3 Å². The number of ketones is 1. The third-order valence-electron chi connectivity index (χ3n) is 3.27. The van der Waals surface area contributed by atoms with Gasteiger partial charge in [0.2, 0.25) is 0 Å². The summed E-state index contributed by atoms with van der Waals surface area (Å²) >= 11 is 1.55. The molecule has 4 nitrogen and oxygen atoms in total. The SMILES string of the molecule is Cc1ccc(C(=O)C(=O)Nc2ccc3nc(C)sc3c2)cc1. The molecule has 3 rings (SSSR count). The van der Waals surface area contributed by atoms with Gasteiger partial charge in [0.25, 0.3) is 11.7 Å². The second-order valence-electron chi connectivity index (χ2n) is 5.06. The van der Waals surface area contributed by atoms with Gasteiger partial charge in [-0.05, 0) is 32.0 Å². The molecule has 1 heterocycles. The summed E-state index contributed by atoms with van der Waals surface area (Å²) < 4.78 is 0.984. The van der Waals surface area contributed by atoms with Gasteiger partial charge in [-0.25, -0.2) is 4.98 Å². The van der Waals surface area contributed by atoms with Gasteiger partial charge in [0.15, 0.2) is 0 Å². The van der Waals surface area contributed by atoms with E-state index in [1.165, 1.54) is 0 Å². The van der Waals surface area contributed by atoms with Crippen molar-refractivity contribution in [3.8, 4) is 0 Å². The summed E-state index contributed by atoms with van der Waals surface area (Å²) in [4.78, 5) is 28.5. The molecule has 5 heteroatoms. The molecule has 0 aliphatic heterocycles. The van der Waals surface area contributed by atoms with Gasteiger partial charge >= 0.3 is 0 Å². The van der Waals surface area contributed by atoms with Crippen LogP contribution in [0.25, 0.3) is 10.2 Å². The molecule has 3 aromatic rings. The Kier molecular flexibility index (Phi) is 3.73. The minimum atomic E-state index is -0.635. The van der Waals surface area contributed by atoms with Crippen molar-refractivity contribution >= 4 is 38.9 Å². The van der Waals surface area contributed by atoms with Crippen LogP contribution in [0.2, 0.25) is 0 Å². The highest BCUT2D eigenvalue weighted by Crippen LogP contribution is 2.24. The third-order valence-corrected chi connectivity index (χ3v) is 4.21. The summed E-state index contributed by atoms with van der Waals surface area (Å²) in [6, 6.07) is 12.4. The fourth-order valence-electron chi connectivity index (χ4n) is 2.14. The first-order valence-electron chi connectivity index (χ1n) is 6.82. The normalized spacial score (nSPS) is 10.6. The van der Waals surface area contributed by atoms with E-state index >= 15 is 0 Å². The lowest BCUT2D eigenvalue weighted by molar-refractivity contribution is -0.112. The molecule has 0 unspecified atom stereocenters. The topological polar surface area (TPSA) is 59.1 Å². The Morgan fingerprint density at radius 1 is 1.05 bits per heavy atom. The molecule has 110 valence electrons. The van der Waals surface area contributed by atoms with Crippen molar-refractivity contribution in [1.82, 2.24) is 4.98 Å². The summed E-state index contributed by atoms with van der Waals surface area (Å²) in [5, 5.41) is 3.61. The van der Waals surface area contributed by atoms with E-state index in [0.29, 0.717) is 11.3 Å². The van der Waals surface area contributed by atoms with E-state index < -0.39 is 11.7 Å². The highest BCUT2D eigenvalue weighted by Gasteiger charge is 2.16. The number of anilines is 1. The van der Waals surface area contributed by atoms with Crippen LogP contribution in [0.3, 0.4) is 0 Å². The molecule has 22 heavy (non-hydrogen) atoms. The van der Waals surface area contributed by atoms with Crippen molar-refractivity contribution in [2.75, 3.05) is 5.32 Å². The van der Waals surface area contributed by atoms with Crippen molar-refractivity contribution in [3.05, 3.63) is 58.6 Å². The largest absolute Gasteiger partial charge is 0.319 e. The van der Waals surface area contributed by atoms with Crippen molar-refractivity contribution in [3.63, 3.8) is 0 Å². The predicted molar refractivity (Wildman–Crippen MR) is 88.5 cm³/mol. The number of amides is 1. The first-order valence-corrected chi connectivity index (χ1v) is 7.64. The van der Waals surface area contributed by atoms with Gasteiger partial charge in [0.05, 0.1) is 15.2 Å². The summed E-state index contributed by atoms with van der Waals surface area (Å²) in [5.41, 5.74) is 2.92. The monoisotopic (exact) mass is 310 g/mol. The number of fused-ring (bicyclic) bond motifs is 1. The van der Waals surface area contributed by atoms with Gasteiger partial charge in [-0.1, -0.05) is 29.8 Å². The van der Waals surface area contributed by atoms with Crippen LogP contribution in [0.5, 0.6) is 0 Å². The number of hydrogen-bond acceptors (Lipinski definition) is 4. The van der Waals surface area contributed by atoms with Crippen LogP contribution in [0.1, 0.15) is 20.9 Å². The number of benzene rings is 2. The zero-order valence-corrected chi connectivity index (χ0v) is 13.0. The number of hydrogen-bond donors (Lipinski definition) is 1. The maximum atomic E-state index is 12.1. The van der Waals surface area contributed by atoms with Crippen LogP contribution < -0.4 is 5.32 Å². The van der Waals surface area contributed by atoms with Crippen molar-refractivity contribution in [2.45, 2.75) is 13.8 Å². The van der Waals surface area contributed by atoms with Gasteiger partial charge in [0.1, 0.15) is 0 Å². The molecule has 2 aromatic carbocycles. The molecular weight excluding hydrogens is 296 g/mol. The number of nitrogens with one attached hydrogen (secondary N) is 1. The standard InChI is InChI=1S/C17H14N2O2S/c1-10-3-5-12(6-4-10)16(20)17(21)19-13-7-8-14-15(9-13)22-11(2)18-14/h3-9H,1-2H3,(H,19,21). The lowest BCUT2D eigenvalue weighted by Crippen LogP contribution is -2.22. The Hall–Kier alpha value is -2.53. The zero-order chi connectivity index (χ0) is 15.7. The van der Waals surface area contributed by atoms with Crippen LogP contribution in [0.15, 0.2) is 42.5 Å². The summed E-state index contributed by atoms with van der Waals surface area (Å²) in [7, 11) is 0. The molecule has 0 saturated heterocycles. The Balaban J connectivity index is 1.79. The van der Waals surface area contributed by atoms with Crippen molar-refractivity contribution in [2.24, 2.45) is 0 Å². The molecule has 0 atom stereocenters. The molecule has 1 amide bonds. The predicted octanol–water partition coefficient (Wildman–Crippen LogP) is 3.73. The molecule has 1 N–H and O–H groups in total. The Bertz CT molecular complexity index is 866. The Morgan fingerprint density at radius 3 is 2.50 bits per heavy atom. The minimum absolute atomic E-state index is 0.387. The summed E-state index contributed by atoms with van der Waals surface area (Å²) in [5.74, 6) is -1.18. The van der Waals surface area contributed by atoms with E-state index in [4.69, 9.17) is 0 Å². The summed E-state index contributed by atoms with van der Waals surface area (Å²) in [6.45, 7) is 3.87. The van der Waals surface area contributed by atoms with Gasteiger partial charge in [-0.2, -0.15) is 0 Å². The number of aromatic nitrogens is 1. The molecule has 0 fully saturated rings. The first kappa shape index (κ1) is 14.4. The minimum Gasteiger partial charge on any atom is -0.319 e. The maximum Gasteiger partial charge on any atom is 0.296 e. The van der Waals surface area contributed by atoms with Crippen molar-refractivity contribution in [1.29, 1.82) is 0 Å². The highest BCUT2D eigenvalue weighted by molar-refractivity contribution is 7.18. The number of aryl methyl sites for hydroxylation is 2. The molecule has 0 saturated carbocycles. The molecule has 0 spiro atoms. The summed E-state index contributed by atoms with van der Waals surface area (Å²) in [6.07, 6.45) is 0. The number of Topliss-reactive ketones (excluding diaryl/α,β-unsaturated/α-hetero) is 1. The number of nitrogens with zero attached hydrogens (tertiary/aromatic N) is 1. The van der Waals surface area contributed by atoms with E-state index in [1.54, 1.807) is 29.5 Å². The fraction of sp³-hybridized carbons (Fsp3) is 0.118. The lowest BCUT2D eigenvalue weighted by Gasteiger charge is -2.05. The molecule has 0 aliphatic carbocycles. The maximum absolute atomic E-state index is 12.1. The van der Waals surface area contributed by atoms with Crippen LogP contribution >= 0.6 is 11.3 Å². The quantitative estimate of drug-likeness (QED) is 0.592. The second-order valence-corrected chi connectivity index (χ2v) is 6.30. The Morgan fingerprint density at radius 2 is 1.77 bits per heavy atom. The number of carbonyl (C=O) groups is 2. The van der Waals surface area contributed by atoms with Crippen LogP contribution in [0.4, 0.5) is 5.69 Å². The molecule has 0 bridgehead atoms. The number of carbonyl (C=O) groups excluding carboxylic acids is 2. The van der Waals surface area contributed by atoms with Crippen LogP contribution in [0, 0.1) is 13.8 Å². The van der Waals surface area contributed by atoms with Crippen LogP contribution in [-0.4, -0.2) is 16.7 Å². The third kappa shape index (κ3) is 2.89. The first-order chi connectivity index (χ1) is 10.5. The lowest BCUT2D eigenvalue weighted by atomic mass is 10.1. The molecule has 1 aromatic heterocycles. The molecule has 0 aliphatic rings. The fourth-order valence-corrected chi connectivity index (χ4v) is 3.01. The number of rotatable bonds is 3. The van der Waals surface area contributed by atoms with E-state index in [0.717, 1.165) is 20.8 Å². The zero-order valence-electron chi connectivity index (χ0n) is 12.2. The molecule has 0 radical (unpaired) electrons. The smallest absolute Gasteiger partial charge is 0.296 e. The van der Waals surface area contributed by atoms with Gasteiger partial charge < -0.3 is 5.32 Å². The van der Waals surface area contributed by atoms with Gasteiger partial charge in [0, 0.05) is 11.3 Å². The van der Waals surface area contributed by atoms with Gasteiger partial charge in [-0.3, -0.25) is 9.59 Å². The van der Waals surface area contributed by atoms with Crippen LogP contribution in [-0.2, 0) is 4.79 Å². The van der Waals surface area contributed by atoms with E-state index in [9.17, 15) is 9.59 Å². The second kappa shape index (κ2) is 5.69. The van der Waals surface area contributed by atoms with Crippen molar-refractivity contribution < 1.29 is 9.59 Å². The molecular formula is C17H14N2O2S. The van der Waals surface area contributed by atoms with E-state index in [1.807, 2.05) is 38.1 Å². The Labute approximate surface area is 131 Å². The highest BCUT2D eigenvalue weighted by atomic mass is 32.1. The average Bonchev–Trinajstić information content (AvgIpc) is 2.86. The average molecular weight is 310 g/mol. The van der Waals surface area contributed by atoms with E-state index in [-0.39, 0.29) is 0 Å². The number of thiazole rings is 1.